The number of thiophene rings is 1. The van der Waals surface area contributed by atoms with Crippen molar-refractivity contribution in [3.05, 3.63) is 51.9 Å². The number of carbonyl (C=O) groups excluding carboxylic acids is 2. The van der Waals surface area contributed by atoms with E-state index in [1.807, 2.05) is 24.3 Å². The number of methoxy groups -OCH3 is 1. The maximum Gasteiger partial charge on any atom is 0.251 e. The van der Waals surface area contributed by atoms with Crippen molar-refractivity contribution in [3.8, 4) is 5.75 Å². The van der Waals surface area contributed by atoms with Crippen LogP contribution in [0.5, 0.6) is 5.75 Å². The van der Waals surface area contributed by atoms with Crippen molar-refractivity contribution in [1.82, 2.24) is 0 Å². The summed E-state index contributed by atoms with van der Waals surface area (Å²) in [5.74, 6) is 0.566. The van der Waals surface area contributed by atoms with E-state index < -0.39 is 5.91 Å². The number of amides is 2. The van der Waals surface area contributed by atoms with E-state index in [1.165, 1.54) is 22.3 Å². The van der Waals surface area contributed by atoms with Crippen LogP contribution in [0.2, 0.25) is 0 Å². The first-order valence-corrected chi connectivity index (χ1v) is 11.1. The average molecular weight is 427 g/mol. The summed E-state index contributed by atoms with van der Waals surface area (Å²) in [5.41, 5.74) is 8.32. The zero-order valence-corrected chi connectivity index (χ0v) is 18.9. The fraction of sp³-hybridized carbons (Fsp3) is 0.417. The number of hydrogen-bond donors (Lipinski definition) is 2. The van der Waals surface area contributed by atoms with Gasteiger partial charge in [-0.05, 0) is 59.9 Å². The number of fused-ring (bicyclic) bond motifs is 1. The molecule has 0 saturated heterocycles. The highest BCUT2D eigenvalue weighted by molar-refractivity contribution is 7.17. The number of hydrogen-bond acceptors (Lipinski definition) is 4. The summed E-state index contributed by atoms with van der Waals surface area (Å²) >= 11 is 1.49. The molecule has 0 aliphatic heterocycles. The van der Waals surface area contributed by atoms with Gasteiger partial charge in [-0.2, -0.15) is 0 Å². The molecule has 1 aromatic heterocycles. The molecule has 160 valence electrons. The van der Waals surface area contributed by atoms with Gasteiger partial charge in [-0.25, -0.2) is 0 Å². The van der Waals surface area contributed by atoms with Gasteiger partial charge in [-0.15, -0.1) is 11.3 Å². The van der Waals surface area contributed by atoms with Crippen LogP contribution in [0.4, 0.5) is 5.00 Å². The minimum absolute atomic E-state index is 0.249. The molecular formula is C24H30N2O3S. The number of ether oxygens (including phenoxy) is 1. The SMILES string of the molecule is CCC(C)(C)[C@@H]1CCc2c(sc(NC(=O)/C=C\c3ccc(OC)cc3)c2C(N)=O)C1. The monoisotopic (exact) mass is 426 g/mol. The van der Waals surface area contributed by atoms with Gasteiger partial charge in [-0.1, -0.05) is 39.3 Å². The first kappa shape index (κ1) is 22.1. The van der Waals surface area contributed by atoms with Crippen molar-refractivity contribution in [2.24, 2.45) is 17.1 Å². The highest BCUT2D eigenvalue weighted by atomic mass is 32.1. The summed E-state index contributed by atoms with van der Waals surface area (Å²) in [4.78, 5) is 25.8. The van der Waals surface area contributed by atoms with Gasteiger partial charge in [0.05, 0.1) is 12.7 Å². The Morgan fingerprint density at radius 2 is 2.00 bits per heavy atom. The van der Waals surface area contributed by atoms with Crippen LogP contribution in [0.25, 0.3) is 6.08 Å². The van der Waals surface area contributed by atoms with E-state index in [0.29, 0.717) is 16.5 Å². The highest BCUT2D eigenvalue weighted by Gasteiger charge is 2.34. The third-order valence-electron chi connectivity index (χ3n) is 6.31. The molecule has 1 aliphatic carbocycles. The number of anilines is 1. The fourth-order valence-electron chi connectivity index (χ4n) is 3.93. The van der Waals surface area contributed by atoms with Crippen molar-refractivity contribution >= 4 is 34.2 Å². The molecule has 30 heavy (non-hydrogen) atoms. The molecule has 1 atom stereocenters. The topological polar surface area (TPSA) is 81.4 Å². The Kier molecular flexibility index (Phi) is 6.66. The summed E-state index contributed by atoms with van der Waals surface area (Å²) in [6, 6.07) is 7.42. The van der Waals surface area contributed by atoms with Crippen molar-refractivity contribution in [2.45, 2.75) is 46.5 Å². The Morgan fingerprint density at radius 3 is 2.60 bits per heavy atom. The number of nitrogens with one attached hydrogen (secondary N) is 1. The van der Waals surface area contributed by atoms with E-state index >= 15 is 0 Å². The molecule has 1 aromatic carbocycles. The Balaban J connectivity index is 1.78. The van der Waals surface area contributed by atoms with E-state index in [0.717, 1.165) is 42.6 Å². The van der Waals surface area contributed by atoms with Crippen LogP contribution >= 0.6 is 11.3 Å². The molecular weight excluding hydrogens is 396 g/mol. The van der Waals surface area contributed by atoms with Gasteiger partial charge < -0.3 is 15.8 Å². The molecule has 2 aromatic rings. The van der Waals surface area contributed by atoms with Crippen LogP contribution in [0, 0.1) is 11.3 Å². The third-order valence-corrected chi connectivity index (χ3v) is 7.48. The van der Waals surface area contributed by atoms with Crippen molar-refractivity contribution in [2.75, 3.05) is 12.4 Å². The Labute approximate surface area is 182 Å². The maximum absolute atomic E-state index is 12.5. The van der Waals surface area contributed by atoms with Crippen molar-refractivity contribution in [1.29, 1.82) is 0 Å². The van der Waals surface area contributed by atoms with Gasteiger partial charge >= 0.3 is 0 Å². The lowest BCUT2D eigenvalue weighted by molar-refractivity contribution is -0.111. The standard InChI is InChI=1S/C24H30N2O3S/c1-5-24(2,3)16-9-12-18-19(14-16)30-23(21(18)22(25)28)26-20(27)13-8-15-6-10-17(29-4)11-7-15/h6-8,10-11,13,16H,5,9,12,14H2,1-4H3,(H2,25,28)(H,26,27)/b13-8-/t16-/m1/s1. The molecule has 2 amide bonds. The molecule has 3 N–H and O–H groups in total. The summed E-state index contributed by atoms with van der Waals surface area (Å²) in [7, 11) is 1.61. The lowest BCUT2D eigenvalue weighted by Crippen LogP contribution is -2.29. The molecule has 0 unspecified atom stereocenters. The van der Waals surface area contributed by atoms with Gasteiger partial charge in [0.15, 0.2) is 0 Å². The van der Waals surface area contributed by atoms with Crippen LogP contribution in [0.3, 0.4) is 0 Å². The van der Waals surface area contributed by atoms with E-state index in [9.17, 15) is 9.59 Å². The molecule has 0 radical (unpaired) electrons. The minimum atomic E-state index is -0.477. The van der Waals surface area contributed by atoms with Gasteiger partial charge in [0, 0.05) is 11.0 Å². The van der Waals surface area contributed by atoms with Crippen molar-refractivity contribution in [3.63, 3.8) is 0 Å². The molecule has 0 bridgehead atoms. The van der Waals surface area contributed by atoms with Gasteiger partial charge in [-0.3, -0.25) is 9.59 Å². The fourth-order valence-corrected chi connectivity index (χ4v) is 5.27. The molecule has 1 aliphatic rings. The van der Waals surface area contributed by atoms with Crippen LogP contribution in [-0.4, -0.2) is 18.9 Å². The normalized spacial score (nSPS) is 16.3. The number of nitrogens with two attached hydrogens (primary N) is 1. The van der Waals surface area contributed by atoms with Crippen LogP contribution in [0.1, 0.15) is 60.0 Å². The summed E-state index contributed by atoms with van der Waals surface area (Å²) in [5, 5.41) is 3.44. The molecule has 0 saturated carbocycles. The van der Waals surface area contributed by atoms with Gasteiger partial charge in [0.2, 0.25) is 5.91 Å². The third kappa shape index (κ3) is 4.75. The van der Waals surface area contributed by atoms with E-state index in [4.69, 9.17) is 10.5 Å². The zero-order valence-electron chi connectivity index (χ0n) is 18.1. The predicted octanol–water partition coefficient (Wildman–Crippen LogP) is 5.05. The molecule has 6 heteroatoms. The Hall–Kier alpha value is -2.60. The van der Waals surface area contributed by atoms with Crippen LogP contribution in [-0.2, 0) is 17.6 Å². The predicted molar refractivity (Wildman–Crippen MR) is 123 cm³/mol. The Bertz CT molecular complexity index is 958. The smallest absolute Gasteiger partial charge is 0.251 e. The van der Waals surface area contributed by atoms with Crippen LogP contribution in [0.15, 0.2) is 30.3 Å². The second-order valence-electron chi connectivity index (χ2n) is 8.45. The number of carbonyl (C=O) groups is 2. The first-order valence-electron chi connectivity index (χ1n) is 10.3. The second-order valence-corrected chi connectivity index (χ2v) is 9.55. The molecule has 0 spiro atoms. The zero-order chi connectivity index (χ0) is 21.9. The van der Waals surface area contributed by atoms with E-state index in [-0.39, 0.29) is 11.3 Å². The molecule has 3 rings (SSSR count). The molecule has 0 fully saturated rings. The van der Waals surface area contributed by atoms with Crippen LogP contribution < -0.4 is 15.8 Å². The van der Waals surface area contributed by atoms with Gasteiger partial charge in [0.25, 0.3) is 5.91 Å². The van der Waals surface area contributed by atoms with E-state index in [1.54, 1.807) is 13.2 Å². The highest BCUT2D eigenvalue weighted by Crippen LogP contribution is 2.45. The largest absolute Gasteiger partial charge is 0.497 e. The van der Waals surface area contributed by atoms with E-state index in [2.05, 4.69) is 26.1 Å². The second kappa shape index (κ2) is 9.04. The molecule has 1 heterocycles. The summed E-state index contributed by atoms with van der Waals surface area (Å²) in [6.45, 7) is 6.83. The summed E-state index contributed by atoms with van der Waals surface area (Å²) < 4.78 is 5.14. The first-order chi connectivity index (χ1) is 14.2. The van der Waals surface area contributed by atoms with Crippen molar-refractivity contribution < 1.29 is 14.3 Å². The lowest BCUT2D eigenvalue weighted by atomic mass is 9.69. The number of primary amides is 1. The Morgan fingerprint density at radius 1 is 1.30 bits per heavy atom. The maximum atomic E-state index is 12.5. The van der Waals surface area contributed by atoms with Gasteiger partial charge in [0.1, 0.15) is 10.8 Å². The lowest BCUT2D eigenvalue weighted by Gasteiger charge is -2.36. The molecule has 5 nitrogen and oxygen atoms in total. The number of rotatable bonds is 7. The number of benzene rings is 1. The quantitative estimate of drug-likeness (QED) is 0.608. The average Bonchev–Trinajstić information content (AvgIpc) is 3.09. The summed E-state index contributed by atoms with van der Waals surface area (Å²) in [6.07, 6.45) is 7.10. The minimum Gasteiger partial charge on any atom is -0.497 e.